The van der Waals surface area contributed by atoms with Gasteiger partial charge in [0.25, 0.3) is 0 Å². The molecule has 2 aromatic rings. The van der Waals surface area contributed by atoms with Gasteiger partial charge in [0, 0.05) is 6.42 Å². The summed E-state index contributed by atoms with van der Waals surface area (Å²) < 4.78 is 10.8. The third-order valence-corrected chi connectivity index (χ3v) is 4.07. The quantitative estimate of drug-likeness (QED) is 0.869. The molecule has 2 aromatic carbocycles. The Morgan fingerprint density at radius 1 is 1.22 bits per heavy atom. The molecule has 3 rings (SSSR count). The standard InChI is InChI=1S/C19H21NO3/c1-14-3-9-18-17(13-14)20(11-12-23-18)19(21)10-6-15-4-7-16(22-2)8-5-15/h3-5,7-9,13H,6,10-12H2,1-2H3. The van der Waals surface area contributed by atoms with Crippen LogP contribution < -0.4 is 14.4 Å². The van der Waals surface area contributed by atoms with E-state index in [2.05, 4.69) is 0 Å². The third kappa shape index (κ3) is 3.47. The number of methoxy groups -OCH3 is 1. The summed E-state index contributed by atoms with van der Waals surface area (Å²) in [5.41, 5.74) is 3.15. The number of benzene rings is 2. The monoisotopic (exact) mass is 311 g/mol. The molecule has 4 heteroatoms. The minimum atomic E-state index is 0.135. The Balaban J connectivity index is 1.68. The van der Waals surface area contributed by atoms with Crippen molar-refractivity contribution in [1.29, 1.82) is 0 Å². The van der Waals surface area contributed by atoms with Gasteiger partial charge in [-0.15, -0.1) is 0 Å². The summed E-state index contributed by atoms with van der Waals surface area (Å²) in [6.45, 7) is 3.18. The van der Waals surface area contributed by atoms with Gasteiger partial charge in [-0.05, 0) is 48.7 Å². The van der Waals surface area contributed by atoms with Crippen LogP contribution in [0.5, 0.6) is 11.5 Å². The van der Waals surface area contributed by atoms with E-state index >= 15 is 0 Å². The van der Waals surface area contributed by atoms with Crippen molar-refractivity contribution in [3.05, 3.63) is 53.6 Å². The molecule has 0 saturated carbocycles. The highest BCUT2D eigenvalue weighted by Gasteiger charge is 2.23. The van der Waals surface area contributed by atoms with E-state index in [1.54, 1.807) is 7.11 Å². The minimum Gasteiger partial charge on any atom is -0.497 e. The van der Waals surface area contributed by atoms with Gasteiger partial charge < -0.3 is 14.4 Å². The Hall–Kier alpha value is -2.49. The highest BCUT2D eigenvalue weighted by Crippen LogP contribution is 2.32. The van der Waals surface area contributed by atoms with E-state index in [9.17, 15) is 4.79 Å². The number of hydrogen-bond acceptors (Lipinski definition) is 3. The molecule has 0 atom stereocenters. The summed E-state index contributed by atoms with van der Waals surface area (Å²) in [5, 5.41) is 0. The molecule has 0 N–H and O–H groups in total. The summed E-state index contributed by atoms with van der Waals surface area (Å²) in [7, 11) is 1.65. The second kappa shape index (κ2) is 6.73. The summed E-state index contributed by atoms with van der Waals surface area (Å²) in [6.07, 6.45) is 1.21. The predicted molar refractivity (Wildman–Crippen MR) is 90.3 cm³/mol. The zero-order chi connectivity index (χ0) is 16.2. The normalized spacial score (nSPS) is 13.2. The first kappa shape index (κ1) is 15.4. The van der Waals surface area contributed by atoms with E-state index in [1.165, 1.54) is 0 Å². The van der Waals surface area contributed by atoms with Crippen molar-refractivity contribution >= 4 is 11.6 Å². The number of nitrogens with zero attached hydrogens (tertiary/aromatic N) is 1. The molecule has 0 aromatic heterocycles. The number of hydrogen-bond donors (Lipinski definition) is 0. The van der Waals surface area contributed by atoms with Crippen LogP contribution in [0, 0.1) is 6.92 Å². The van der Waals surface area contributed by atoms with Crippen LogP contribution in [0.25, 0.3) is 0 Å². The van der Waals surface area contributed by atoms with E-state index in [-0.39, 0.29) is 5.91 Å². The highest BCUT2D eigenvalue weighted by molar-refractivity contribution is 5.95. The Morgan fingerprint density at radius 2 is 2.00 bits per heavy atom. The first-order valence-electron chi connectivity index (χ1n) is 7.84. The average molecular weight is 311 g/mol. The molecule has 23 heavy (non-hydrogen) atoms. The van der Waals surface area contributed by atoms with Crippen molar-refractivity contribution in [2.24, 2.45) is 0 Å². The van der Waals surface area contributed by atoms with Gasteiger partial charge in [-0.1, -0.05) is 18.2 Å². The van der Waals surface area contributed by atoms with Crippen LogP contribution in [0.4, 0.5) is 5.69 Å². The lowest BCUT2D eigenvalue weighted by atomic mass is 10.1. The van der Waals surface area contributed by atoms with E-state index < -0.39 is 0 Å². The summed E-state index contributed by atoms with van der Waals surface area (Å²) >= 11 is 0. The molecular weight excluding hydrogens is 290 g/mol. The van der Waals surface area contributed by atoms with Gasteiger partial charge >= 0.3 is 0 Å². The van der Waals surface area contributed by atoms with Gasteiger partial charge in [0.1, 0.15) is 18.1 Å². The molecule has 0 bridgehead atoms. The summed E-state index contributed by atoms with van der Waals surface area (Å²) in [5.74, 6) is 1.76. The molecule has 0 aliphatic carbocycles. The van der Waals surface area contributed by atoms with Gasteiger partial charge in [0.15, 0.2) is 0 Å². The maximum absolute atomic E-state index is 12.6. The van der Waals surface area contributed by atoms with Gasteiger partial charge in [0.2, 0.25) is 5.91 Å². The molecule has 120 valence electrons. The van der Waals surface area contributed by atoms with Gasteiger partial charge in [-0.3, -0.25) is 4.79 Å². The smallest absolute Gasteiger partial charge is 0.227 e. The zero-order valence-electron chi connectivity index (χ0n) is 13.5. The average Bonchev–Trinajstić information content (AvgIpc) is 2.59. The van der Waals surface area contributed by atoms with Crippen molar-refractivity contribution in [3.63, 3.8) is 0 Å². The number of amides is 1. The van der Waals surface area contributed by atoms with Crippen LogP contribution in [-0.2, 0) is 11.2 Å². The Labute approximate surface area is 136 Å². The Bertz CT molecular complexity index is 694. The summed E-state index contributed by atoms with van der Waals surface area (Å²) in [4.78, 5) is 14.5. The van der Waals surface area contributed by atoms with Gasteiger partial charge in [0.05, 0.1) is 19.3 Å². The molecule has 1 aliphatic rings. The van der Waals surface area contributed by atoms with Crippen LogP contribution in [-0.4, -0.2) is 26.2 Å². The van der Waals surface area contributed by atoms with E-state index in [1.807, 2.05) is 54.3 Å². The number of carbonyl (C=O) groups excluding carboxylic acids is 1. The Morgan fingerprint density at radius 3 is 2.74 bits per heavy atom. The molecule has 0 spiro atoms. The van der Waals surface area contributed by atoms with Crippen molar-refractivity contribution < 1.29 is 14.3 Å². The number of aryl methyl sites for hydroxylation is 2. The fraction of sp³-hybridized carbons (Fsp3) is 0.316. The van der Waals surface area contributed by atoms with Crippen molar-refractivity contribution in [3.8, 4) is 11.5 Å². The topological polar surface area (TPSA) is 38.8 Å². The zero-order valence-corrected chi connectivity index (χ0v) is 13.5. The number of rotatable bonds is 4. The number of fused-ring (bicyclic) bond motifs is 1. The molecule has 1 aliphatic heterocycles. The number of anilines is 1. The van der Waals surface area contributed by atoms with E-state index in [4.69, 9.17) is 9.47 Å². The molecule has 1 heterocycles. The molecule has 0 saturated heterocycles. The second-order valence-electron chi connectivity index (χ2n) is 5.71. The lowest BCUT2D eigenvalue weighted by Gasteiger charge is -2.30. The van der Waals surface area contributed by atoms with Crippen LogP contribution >= 0.6 is 0 Å². The van der Waals surface area contributed by atoms with E-state index in [0.29, 0.717) is 19.6 Å². The molecule has 4 nitrogen and oxygen atoms in total. The molecule has 0 fully saturated rings. The van der Waals surface area contributed by atoms with Crippen LogP contribution in [0.2, 0.25) is 0 Å². The maximum atomic E-state index is 12.6. The molecule has 0 unspecified atom stereocenters. The lowest BCUT2D eigenvalue weighted by molar-refractivity contribution is -0.118. The minimum absolute atomic E-state index is 0.135. The highest BCUT2D eigenvalue weighted by atomic mass is 16.5. The van der Waals surface area contributed by atoms with Gasteiger partial charge in [-0.2, -0.15) is 0 Å². The fourth-order valence-electron chi connectivity index (χ4n) is 2.77. The van der Waals surface area contributed by atoms with Gasteiger partial charge in [-0.25, -0.2) is 0 Å². The van der Waals surface area contributed by atoms with Crippen molar-refractivity contribution in [1.82, 2.24) is 0 Å². The molecular formula is C19H21NO3. The molecule has 0 radical (unpaired) electrons. The third-order valence-electron chi connectivity index (χ3n) is 4.07. The van der Waals surface area contributed by atoms with Crippen LogP contribution in [0.1, 0.15) is 17.5 Å². The number of carbonyl (C=O) groups is 1. The first-order valence-corrected chi connectivity index (χ1v) is 7.84. The fourth-order valence-corrected chi connectivity index (χ4v) is 2.77. The van der Waals surface area contributed by atoms with Crippen molar-refractivity contribution in [2.75, 3.05) is 25.2 Å². The SMILES string of the molecule is COc1ccc(CCC(=O)N2CCOc3ccc(C)cc32)cc1. The van der Waals surface area contributed by atoms with Crippen LogP contribution in [0.3, 0.4) is 0 Å². The maximum Gasteiger partial charge on any atom is 0.227 e. The van der Waals surface area contributed by atoms with Crippen molar-refractivity contribution in [2.45, 2.75) is 19.8 Å². The largest absolute Gasteiger partial charge is 0.497 e. The van der Waals surface area contributed by atoms with E-state index in [0.717, 1.165) is 34.7 Å². The molecule has 1 amide bonds. The predicted octanol–water partition coefficient (Wildman–Crippen LogP) is 3.36. The number of ether oxygens (including phenoxy) is 2. The first-order chi connectivity index (χ1) is 11.2. The lowest BCUT2D eigenvalue weighted by Crippen LogP contribution is -2.38. The Kier molecular flexibility index (Phi) is 4.51. The summed E-state index contributed by atoms with van der Waals surface area (Å²) in [6, 6.07) is 13.8. The van der Waals surface area contributed by atoms with Crippen LogP contribution in [0.15, 0.2) is 42.5 Å². The second-order valence-corrected chi connectivity index (χ2v) is 5.71.